The van der Waals surface area contributed by atoms with Crippen molar-refractivity contribution in [3.05, 3.63) is 35.4 Å². The second kappa shape index (κ2) is 6.07. The highest BCUT2D eigenvalue weighted by Gasteiger charge is 1.92. The van der Waals surface area contributed by atoms with Gasteiger partial charge in [0.15, 0.2) is 0 Å². The third kappa shape index (κ3) is 6.23. The van der Waals surface area contributed by atoms with Gasteiger partial charge >= 0.3 is 0 Å². The lowest BCUT2D eigenvalue weighted by molar-refractivity contribution is 0.694. The first-order chi connectivity index (χ1) is 5.56. The largest absolute Gasteiger partial charge is 0.0850 e. The van der Waals surface area contributed by atoms with Crippen LogP contribution in [0.15, 0.2) is 35.4 Å². The Labute approximate surface area is 80.6 Å². The van der Waals surface area contributed by atoms with E-state index in [4.69, 9.17) is 11.6 Å². The Balaban J connectivity index is 4.10. The van der Waals surface area contributed by atoms with Crippen LogP contribution in [-0.2, 0) is 0 Å². The highest BCUT2D eigenvalue weighted by atomic mass is 35.5. The molecular formula is C11H17Cl. The van der Waals surface area contributed by atoms with E-state index in [-0.39, 0.29) is 0 Å². The maximum absolute atomic E-state index is 5.58. The van der Waals surface area contributed by atoms with Gasteiger partial charge in [-0.25, -0.2) is 0 Å². The lowest BCUT2D eigenvalue weighted by Gasteiger charge is -2.01. The maximum atomic E-state index is 5.58. The molecule has 0 heterocycles. The molecule has 0 fully saturated rings. The van der Waals surface area contributed by atoms with Gasteiger partial charge < -0.3 is 0 Å². The number of allylic oxidation sites excluding steroid dienone is 5. The highest BCUT2D eigenvalue weighted by molar-refractivity contribution is 6.30. The minimum absolute atomic E-state index is 0.576. The summed E-state index contributed by atoms with van der Waals surface area (Å²) < 4.78 is 0. The van der Waals surface area contributed by atoms with Gasteiger partial charge in [0, 0.05) is 5.03 Å². The van der Waals surface area contributed by atoms with Gasteiger partial charge in [-0.3, -0.25) is 0 Å². The second-order valence-corrected chi connectivity index (χ2v) is 3.56. The van der Waals surface area contributed by atoms with E-state index in [1.807, 2.05) is 12.2 Å². The number of hydrogen-bond acceptors (Lipinski definition) is 0. The van der Waals surface area contributed by atoms with Crippen molar-refractivity contribution in [2.45, 2.75) is 27.2 Å². The summed E-state index contributed by atoms with van der Waals surface area (Å²) in [5, 5.41) is 0.576. The number of hydrogen-bond donors (Lipinski definition) is 0. The van der Waals surface area contributed by atoms with Crippen LogP contribution in [0.3, 0.4) is 0 Å². The predicted molar refractivity (Wildman–Crippen MR) is 57.3 cm³/mol. The SMILES string of the molecule is C=C(Cl)/C=C\C(C)=C/C(C)CC. The summed E-state index contributed by atoms with van der Waals surface area (Å²) in [5.41, 5.74) is 1.24. The standard InChI is InChI=1S/C11H17Cl/c1-5-9(2)8-10(3)6-7-11(4)12/h6-9H,4-5H2,1-3H3/b7-6-,10-8-. The normalized spacial score (nSPS) is 15.2. The summed E-state index contributed by atoms with van der Waals surface area (Å²) in [4.78, 5) is 0. The molecule has 0 aromatic carbocycles. The first kappa shape index (κ1) is 11.5. The third-order valence-corrected chi connectivity index (χ3v) is 1.84. The fourth-order valence-corrected chi connectivity index (χ4v) is 0.907. The molecule has 0 N–H and O–H groups in total. The molecule has 68 valence electrons. The van der Waals surface area contributed by atoms with Gasteiger partial charge in [0.05, 0.1) is 0 Å². The molecule has 0 aliphatic heterocycles. The van der Waals surface area contributed by atoms with Crippen LogP contribution in [0.1, 0.15) is 27.2 Å². The summed E-state index contributed by atoms with van der Waals surface area (Å²) in [6, 6.07) is 0. The van der Waals surface area contributed by atoms with Gasteiger partial charge in [0.25, 0.3) is 0 Å². The molecule has 0 aromatic heterocycles. The van der Waals surface area contributed by atoms with E-state index in [1.165, 1.54) is 12.0 Å². The summed E-state index contributed by atoms with van der Waals surface area (Å²) in [5.74, 6) is 0.637. The number of rotatable bonds is 4. The lowest BCUT2D eigenvalue weighted by atomic mass is 10.1. The molecule has 0 aromatic rings. The Hall–Kier alpha value is -0.490. The molecule has 0 spiro atoms. The Kier molecular flexibility index (Phi) is 5.83. The molecular weight excluding hydrogens is 168 g/mol. The van der Waals surface area contributed by atoms with Crippen LogP contribution in [0.25, 0.3) is 0 Å². The molecule has 0 rings (SSSR count). The fraction of sp³-hybridized carbons (Fsp3) is 0.455. The summed E-state index contributed by atoms with van der Waals surface area (Å²) in [7, 11) is 0. The topological polar surface area (TPSA) is 0 Å². The van der Waals surface area contributed by atoms with Crippen LogP contribution < -0.4 is 0 Å². The molecule has 1 atom stereocenters. The van der Waals surface area contributed by atoms with E-state index in [2.05, 4.69) is 33.4 Å². The van der Waals surface area contributed by atoms with Crippen molar-refractivity contribution >= 4 is 11.6 Å². The fourth-order valence-electron chi connectivity index (χ4n) is 0.844. The van der Waals surface area contributed by atoms with E-state index in [1.54, 1.807) is 0 Å². The Morgan fingerprint density at radius 1 is 1.50 bits per heavy atom. The van der Waals surface area contributed by atoms with Crippen molar-refractivity contribution in [3.8, 4) is 0 Å². The van der Waals surface area contributed by atoms with E-state index in [0.717, 1.165) is 0 Å². The van der Waals surface area contributed by atoms with Crippen LogP contribution in [0, 0.1) is 5.92 Å². The molecule has 0 nitrogen and oxygen atoms in total. The first-order valence-corrected chi connectivity index (χ1v) is 4.65. The number of halogens is 1. The van der Waals surface area contributed by atoms with E-state index < -0.39 is 0 Å². The molecule has 1 unspecified atom stereocenters. The average Bonchev–Trinajstić information content (AvgIpc) is 2.00. The molecule has 0 saturated heterocycles. The zero-order valence-electron chi connectivity index (χ0n) is 8.10. The van der Waals surface area contributed by atoms with Crippen LogP contribution in [0.4, 0.5) is 0 Å². The van der Waals surface area contributed by atoms with Gasteiger partial charge in [-0.2, -0.15) is 0 Å². The molecule has 12 heavy (non-hydrogen) atoms. The van der Waals surface area contributed by atoms with Crippen molar-refractivity contribution in [3.63, 3.8) is 0 Å². The molecule has 0 aliphatic carbocycles. The first-order valence-electron chi connectivity index (χ1n) is 4.27. The Morgan fingerprint density at radius 2 is 2.08 bits per heavy atom. The van der Waals surface area contributed by atoms with Crippen LogP contribution >= 0.6 is 11.6 Å². The van der Waals surface area contributed by atoms with Crippen molar-refractivity contribution in [2.24, 2.45) is 5.92 Å². The molecule has 0 bridgehead atoms. The van der Waals surface area contributed by atoms with Gasteiger partial charge in [-0.05, 0) is 18.9 Å². The zero-order chi connectivity index (χ0) is 9.56. The van der Waals surface area contributed by atoms with Gasteiger partial charge in [0.2, 0.25) is 0 Å². The molecule has 0 aliphatic rings. The predicted octanol–water partition coefficient (Wildman–Crippen LogP) is 4.29. The average molecular weight is 185 g/mol. The maximum Gasteiger partial charge on any atom is 0.0334 e. The highest BCUT2D eigenvalue weighted by Crippen LogP contribution is 2.09. The van der Waals surface area contributed by atoms with Crippen molar-refractivity contribution in [1.29, 1.82) is 0 Å². The van der Waals surface area contributed by atoms with Crippen LogP contribution in [0.5, 0.6) is 0 Å². The minimum Gasteiger partial charge on any atom is -0.0850 e. The van der Waals surface area contributed by atoms with Gasteiger partial charge in [-0.15, -0.1) is 0 Å². The van der Waals surface area contributed by atoms with E-state index in [9.17, 15) is 0 Å². The summed E-state index contributed by atoms with van der Waals surface area (Å²) >= 11 is 5.58. The summed E-state index contributed by atoms with van der Waals surface area (Å²) in [6.07, 6.45) is 7.21. The van der Waals surface area contributed by atoms with Crippen LogP contribution in [-0.4, -0.2) is 0 Å². The van der Waals surface area contributed by atoms with Gasteiger partial charge in [-0.1, -0.05) is 56.2 Å². The van der Waals surface area contributed by atoms with Crippen molar-refractivity contribution < 1.29 is 0 Å². The van der Waals surface area contributed by atoms with Crippen LogP contribution in [0.2, 0.25) is 0 Å². The Bertz CT molecular complexity index is 199. The zero-order valence-corrected chi connectivity index (χ0v) is 8.86. The molecule has 0 saturated carbocycles. The molecule has 1 heteroatoms. The quantitative estimate of drug-likeness (QED) is 0.572. The lowest BCUT2D eigenvalue weighted by Crippen LogP contribution is -1.85. The van der Waals surface area contributed by atoms with E-state index >= 15 is 0 Å². The van der Waals surface area contributed by atoms with Crippen molar-refractivity contribution in [1.82, 2.24) is 0 Å². The smallest absolute Gasteiger partial charge is 0.0334 e. The monoisotopic (exact) mass is 184 g/mol. The molecule has 0 radical (unpaired) electrons. The van der Waals surface area contributed by atoms with E-state index in [0.29, 0.717) is 11.0 Å². The third-order valence-electron chi connectivity index (χ3n) is 1.72. The minimum atomic E-state index is 0.576. The van der Waals surface area contributed by atoms with Gasteiger partial charge in [0.1, 0.15) is 0 Å². The van der Waals surface area contributed by atoms with Crippen molar-refractivity contribution in [2.75, 3.05) is 0 Å². The summed E-state index contributed by atoms with van der Waals surface area (Å²) in [6.45, 7) is 10.0. The second-order valence-electron chi connectivity index (χ2n) is 3.08. The Morgan fingerprint density at radius 3 is 2.50 bits per heavy atom. The molecule has 0 amide bonds.